The van der Waals surface area contributed by atoms with Gasteiger partial charge in [-0.25, -0.2) is 4.57 Å². The molecule has 5 nitrogen and oxygen atoms in total. The Balaban J connectivity index is -0.000000366. The van der Waals surface area contributed by atoms with Crippen molar-refractivity contribution in [1.82, 2.24) is 0 Å². The van der Waals surface area contributed by atoms with Crippen LogP contribution in [0.15, 0.2) is 0 Å². The van der Waals surface area contributed by atoms with Crippen LogP contribution in [-0.2, 0) is 4.57 Å². The van der Waals surface area contributed by atoms with Gasteiger partial charge < -0.3 is 19.8 Å². The standard InChI is InChI=1S/C12H26O.Na.H3O4P.H/c1-2-3-4-5-6-7-8-9-10-11-12-13;;1-5(2,3)4;/h13H,2-12H2,1H3;;(H3,1,2,3,4);. The Morgan fingerprint density at radius 2 is 1.00 bits per heavy atom. The van der Waals surface area contributed by atoms with Crippen molar-refractivity contribution >= 4 is 37.4 Å². The number of phosphoric acid groups is 1. The van der Waals surface area contributed by atoms with E-state index in [1.54, 1.807) is 0 Å². The predicted octanol–water partition coefficient (Wildman–Crippen LogP) is 2.32. The maximum absolute atomic E-state index is 8.88. The van der Waals surface area contributed by atoms with Crippen molar-refractivity contribution in [1.29, 1.82) is 0 Å². The summed E-state index contributed by atoms with van der Waals surface area (Å²) in [5.41, 5.74) is 0. The van der Waals surface area contributed by atoms with Crippen LogP contribution in [-0.4, -0.2) is 56.0 Å². The van der Waals surface area contributed by atoms with Crippen LogP contribution in [0.3, 0.4) is 0 Å². The molecule has 0 aliphatic rings. The summed E-state index contributed by atoms with van der Waals surface area (Å²) in [5.74, 6) is 0. The van der Waals surface area contributed by atoms with Gasteiger partial charge in [-0.2, -0.15) is 0 Å². The third kappa shape index (κ3) is 45.3. The molecule has 0 aromatic rings. The molecule has 0 saturated heterocycles. The van der Waals surface area contributed by atoms with Gasteiger partial charge in [-0.15, -0.1) is 0 Å². The third-order valence-corrected chi connectivity index (χ3v) is 2.51. The minimum absolute atomic E-state index is 0. The molecule has 0 bridgehead atoms. The first-order valence-electron chi connectivity index (χ1n) is 6.81. The first-order valence-corrected chi connectivity index (χ1v) is 8.37. The molecule has 0 atom stereocenters. The molecule has 4 N–H and O–H groups in total. The van der Waals surface area contributed by atoms with Crippen LogP contribution in [0.1, 0.15) is 71.1 Å². The second-order valence-electron chi connectivity index (χ2n) is 4.42. The molecule has 0 heterocycles. The van der Waals surface area contributed by atoms with Crippen LogP contribution < -0.4 is 0 Å². The van der Waals surface area contributed by atoms with E-state index in [0.717, 1.165) is 6.42 Å². The molecule has 0 saturated carbocycles. The molecule has 0 unspecified atom stereocenters. The molecule has 0 spiro atoms. The van der Waals surface area contributed by atoms with E-state index >= 15 is 0 Å². The van der Waals surface area contributed by atoms with Gasteiger partial charge in [0.2, 0.25) is 0 Å². The van der Waals surface area contributed by atoms with E-state index in [1.807, 2.05) is 0 Å². The Bertz CT molecular complexity index is 180. The second-order valence-corrected chi connectivity index (χ2v) is 5.45. The van der Waals surface area contributed by atoms with E-state index in [2.05, 4.69) is 6.92 Å². The Hall–Kier alpha value is 1.07. The van der Waals surface area contributed by atoms with Crippen molar-refractivity contribution in [3.8, 4) is 0 Å². The van der Waals surface area contributed by atoms with Crippen LogP contribution in [0.25, 0.3) is 0 Å². The Kier molecular flexibility index (Phi) is 25.1. The molecule has 0 aliphatic carbocycles. The average molecular weight is 308 g/mol. The van der Waals surface area contributed by atoms with Crippen molar-refractivity contribution in [2.24, 2.45) is 0 Å². The van der Waals surface area contributed by atoms with Crippen LogP contribution in [0.5, 0.6) is 0 Å². The van der Waals surface area contributed by atoms with Crippen molar-refractivity contribution in [2.45, 2.75) is 71.1 Å². The Morgan fingerprint density at radius 1 is 0.737 bits per heavy atom. The summed E-state index contributed by atoms with van der Waals surface area (Å²) in [6.45, 7) is 2.63. The van der Waals surface area contributed by atoms with Gasteiger partial charge in [0.15, 0.2) is 0 Å². The number of rotatable bonds is 10. The fourth-order valence-electron chi connectivity index (χ4n) is 1.60. The molecule has 0 radical (unpaired) electrons. The zero-order chi connectivity index (χ0) is 14.3. The van der Waals surface area contributed by atoms with E-state index in [-0.39, 0.29) is 29.6 Å². The predicted molar refractivity (Wildman–Crippen MR) is 80.3 cm³/mol. The fourth-order valence-corrected chi connectivity index (χ4v) is 1.60. The van der Waals surface area contributed by atoms with E-state index in [9.17, 15) is 0 Å². The fraction of sp³-hybridized carbons (Fsp3) is 1.00. The van der Waals surface area contributed by atoms with E-state index < -0.39 is 7.82 Å². The van der Waals surface area contributed by atoms with Crippen molar-refractivity contribution in [3.63, 3.8) is 0 Å². The molecule has 0 fully saturated rings. The van der Waals surface area contributed by atoms with Gasteiger partial charge >= 0.3 is 37.4 Å². The van der Waals surface area contributed by atoms with Gasteiger partial charge in [-0.1, -0.05) is 64.7 Å². The van der Waals surface area contributed by atoms with Gasteiger partial charge in [-0.3, -0.25) is 0 Å². The molecule has 0 aliphatic heterocycles. The number of hydrogen-bond acceptors (Lipinski definition) is 2. The van der Waals surface area contributed by atoms with Gasteiger partial charge in [-0.05, 0) is 6.42 Å². The SMILES string of the molecule is CCCCCCCCCCCCO.O=P(O)(O)O.[NaH]. The molecule has 0 amide bonds. The Labute approximate surface area is 139 Å². The Morgan fingerprint density at radius 3 is 1.26 bits per heavy atom. The van der Waals surface area contributed by atoms with E-state index in [1.165, 1.54) is 57.8 Å². The topological polar surface area (TPSA) is 98.0 Å². The summed E-state index contributed by atoms with van der Waals surface area (Å²) in [6, 6.07) is 0. The normalized spacial score (nSPS) is 10.4. The zero-order valence-electron chi connectivity index (χ0n) is 11.4. The van der Waals surface area contributed by atoms with Gasteiger partial charge in [0.05, 0.1) is 0 Å². The maximum atomic E-state index is 8.88. The first-order chi connectivity index (χ1) is 8.41. The third-order valence-electron chi connectivity index (χ3n) is 2.51. The second kappa shape index (κ2) is 19.1. The summed E-state index contributed by atoms with van der Waals surface area (Å²) in [6.07, 6.45) is 13.3. The molecular formula is C12H30NaO5P. The van der Waals surface area contributed by atoms with E-state index in [4.69, 9.17) is 24.4 Å². The summed E-state index contributed by atoms with van der Waals surface area (Å²) in [4.78, 5) is 21.6. The zero-order valence-corrected chi connectivity index (χ0v) is 12.3. The summed E-state index contributed by atoms with van der Waals surface area (Å²) >= 11 is 0. The molecule has 0 aromatic carbocycles. The molecule has 7 heteroatoms. The number of hydrogen-bond donors (Lipinski definition) is 4. The van der Waals surface area contributed by atoms with Crippen molar-refractivity contribution < 1.29 is 24.4 Å². The monoisotopic (exact) mass is 308 g/mol. The minimum atomic E-state index is -4.64. The van der Waals surface area contributed by atoms with Gasteiger partial charge in [0.25, 0.3) is 0 Å². The number of aliphatic hydroxyl groups is 1. The van der Waals surface area contributed by atoms with Crippen molar-refractivity contribution in [3.05, 3.63) is 0 Å². The summed E-state index contributed by atoms with van der Waals surface area (Å²) in [7, 11) is -4.64. The quantitative estimate of drug-likeness (QED) is 0.282. The average Bonchev–Trinajstić information content (AvgIpc) is 2.25. The van der Waals surface area contributed by atoms with Crippen LogP contribution >= 0.6 is 7.82 Å². The van der Waals surface area contributed by atoms with Crippen LogP contribution in [0.2, 0.25) is 0 Å². The number of unbranched alkanes of at least 4 members (excludes halogenated alkanes) is 9. The molecule has 0 rings (SSSR count). The summed E-state index contributed by atoms with van der Waals surface area (Å²) < 4.78 is 8.88. The van der Waals surface area contributed by atoms with Crippen LogP contribution in [0, 0.1) is 0 Å². The molecule has 19 heavy (non-hydrogen) atoms. The molecule has 0 aromatic heterocycles. The summed E-state index contributed by atoms with van der Waals surface area (Å²) in [5, 5.41) is 8.57. The molecular weight excluding hydrogens is 278 g/mol. The van der Waals surface area contributed by atoms with Crippen molar-refractivity contribution in [2.75, 3.05) is 6.61 Å². The first kappa shape index (κ1) is 25.0. The number of aliphatic hydroxyl groups excluding tert-OH is 1. The molecule has 114 valence electrons. The van der Waals surface area contributed by atoms with Gasteiger partial charge in [0.1, 0.15) is 0 Å². The van der Waals surface area contributed by atoms with Gasteiger partial charge in [0, 0.05) is 6.61 Å². The van der Waals surface area contributed by atoms with E-state index in [0.29, 0.717) is 6.61 Å². The van der Waals surface area contributed by atoms with Crippen LogP contribution in [0.4, 0.5) is 0 Å².